The molecule has 1 N–H and O–H groups in total. The Bertz CT molecular complexity index is 499. The van der Waals surface area contributed by atoms with Crippen molar-refractivity contribution in [1.82, 2.24) is 9.88 Å². The van der Waals surface area contributed by atoms with Crippen LogP contribution >= 0.6 is 0 Å². The molecule has 2 rings (SSSR count). The summed E-state index contributed by atoms with van der Waals surface area (Å²) in [6.07, 6.45) is 4.85. The maximum atomic E-state index is 12.4. The number of amides is 1. The predicted octanol–water partition coefficient (Wildman–Crippen LogP) is 2.09. The van der Waals surface area contributed by atoms with Gasteiger partial charge in [-0.05, 0) is 25.0 Å². The van der Waals surface area contributed by atoms with Crippen LogP contribution < -0.4 is 0 Å². The summed E-state index contributed by atoms with van der Waals surface area (Å²) in [5, 5.41) is 12.3. The zero-order valence-corrected chi connectivity index (χ0v) is 11.3. The molecule has 1 aliphatic rings. The molecule has 1 saturated heterocycles. The predicted molar refractivity (Wildman–Crippen MR) is 72.5 cm³/mol. The van der Waals surface area contributed by atoms with Gasteiger partial charge in [0, 0.05) is 37.8 Å². The normalized spacial score (nSPS) is 21.7. The maximum absolute atomic E-state index is 12.4. The van der Waals surface area contributed by atoms with Crippen LogP contribution in [0.1, 0.15) is 35.7 Å². The molecule has 0 saturated carbocycles. The van der Waals surface area contributed by atoms with Crippen LogP contribution in [0.5, 0.6) is 0 Å². The Kier molecular flexibility index (Phi) is 4.14. The van der Waals surface area contributed by atoms with Gasteiger partial charge >= 0.3 is 0 Å². The number of carbonyl (C=O) groups is 1. The van der Waals surface area contributed by atoms with E-state index in [2.05, 4.69) is 10.1 Å². The molecule has 1 aromatic heterocycles. The lowest BCUT2D eigenvalue weighted by atomic mass is 9.93. The van der Waals surface area contributed by atoms with Gasteiger partial charge < -0.3 is 10.1 Å². The van der Waals surface area contributed by atoms with Crippen molar-refractivity contribution < 1.29 is 10.0 Å². The number of nitrogens with zero attached hydrogens (tertiary/aromatic N) is 3. The highest BCUT2D eigenvalue weighted by molar-refractivity contribution is 5.96. The van der Waals surface area contributed by atoms with Crippen LogP contribution in [-0.2, 0) is 0 Å². The van der Waals surface area contributed by atoms with Gasteiger partial charge in [-0.3, -0.25) is 9.78 Å². The van der Waals surface area contributed by atoms with E-state index in [1.54, 1.807) is 12.4 Å². The third-order valence-electron chi connectivity index (χ3n) is 3.58. The fraction of sp³-hybridized carbons (Fsp3) is 0.500. The molecule has 0 spiro atoms. The molecule has 1 aromatic rings. The third-order valence-corrected chi connectivity index (χ3v) is 3.58. The Morgan fingerprint density at radius 1 is 1.58 bits per heavy atom. The number of pyridine rings is 1. The van der Waals surface area contributed by atoms with Gasteiger partial charge in [0.05, 0.1) is 11.3 Å². The molecule has 1 atom stereocenters. The van der Waals surface area contributed by atoms with E-state index in [-0.39, 0.29) is 11.8 Å². The van der Waals surface area contributed by atoms with Gasteiger partial charge in [0.2, 0.25) is 0 Å². The van der Waals surface area contributed by atoms with Crippen LogP contribution in [0.15, 0.2) is 23.6 Å². The van der Waals surface area contributed by atoms with Crippen LogP contribution in [0, 0.1) is 12.8 Å². The first-order valence-electron chi connectivity index (χ1n) is 6.57. The van der Waals surface area contributed by atoms with E-state index in [9.17, 15) is 4.79 Å². The fourth-order valence-electron chi connectivity index (χ4n) is 2.45. The summed E-state index contributed by atoms with van der Waals surface area (Å²) in [6.45, 7) is 5.18. The van der Waals surface area contributed by atoms with E-state index in [0.29, 0.717) is 25.1 Å². The second-order valence-corrected chi connectivity index (χ2v) is 4.95. The summed E-state index contributed by atoms with van der Waals surface area (Å²) < 4.78 is 0. The maximum Gasteiger partial charge on any atom is 0.255 e. The molecule has 0 aromatic carbocycles. The first kappa shape index (κ1) is 13.5. The van der Waals surface area contributed by atoms with Gasteiger partial charge in [-0.15, -0.1) is 0 Å². The molecule has 1 unspecified atom stereocenters. The summed E-state index contributed by atoms with van der Waals surface area (Å²) in [6, 6.07) is 1.85. The molecule has 2 heterocycles. The molecule has 5 nitrogen and oxygen atoms in total. The second-order valence-electron chi connectivity index (χ2n) is 4.95. The van der Waals surface area contributed by atoms with Gasteiger partial charge in [-0.25, -0.2) is 0 Å². The van der Waals surface area contributed by atoms with E-state index >= 15 is 0 Å². The number of likely N-dealkylation sites (tertiary alicyclic amines) is 1. The van der Waals surface area contributed by atoms with E-state index in [0.717, 1.165) is 17.7 Å². The Balaban J connectivity index is 2.13. The van der Waals surface area contributed by atoms with E-state index in [4.69, 9.17) is 5.21 Å². The molecular weight excluding hydrogens is 242 g/mol. The van der Waals surface area contributed by atoms with Gasteiger partial charge in [0.15, 0.2) is 0 Å². The topological polar surface area (TPSA) is 65.8 Å². The summed E-state index contributed by atoms with van der Waals surface area (Å²) in [5.41, 5.74) is 2.40. The number of rotatable bonds is 2. The highest BCUT2D eigenvalue weighted by Crippen LogP contribution is 2.19. The minimum Gasteiger partial charge on any atom is -0.411 e. The first-order chi connectivity index (χ1) is 9.15. The summed E-state index contributed by atoms with van der Waals surface area (Å²) in [5.74, 6) is 0.159. The molecule has 19 heavy (non-hydrogen) atoms. The Morgan fingerprint density at radius 2 is 2.37 bits per heavy atom. The van der Waals surface area contributed by atoms with Crippen LogP contribution in [0.3, 0.4) is 0 Å². The van der Waals surface area contributed by atoms with Crippen molar-refractivity contribution in [3.8, 4) is 0 Å². The van der Waals surface area contributed by atoms with Crippen LogP contribution in [0.25, 0.3) is 0 Å². The minimum absolute atomic E-state index is 0.00615. The highest BCUT2D eigenvalue weighted by Gasteiger charge is 2.28. The average Bonchev–Trinajstić information content (AvgIpc) is 2.45. The largest absolute Gasteiger partial charge is 0.411 e. The number of carbonyl (C=O) groups excluding carboxylic acids is 1. The molecular formula is C14H19N3O2. The first-order valence-corrected chi connectivity index (χ1v) is 6.57. The lowest BCUT2D eigenvalue weighted by molar-refractivity contribution is 0.0728. The van der Waals surface area contributed by atoms with Crippen LogP contribution in [0.2, 0.25) is 0 Å². The Hall–Kier alpha value is -1.91. The van der Waals surface area contributed by atoms with Crippen LogP contribution in [0.4, 0.5) is 0 Å². The molecule has 0 bridgehead atoms. The molecule has 5 heteroatoms. The molecule has 102 valence electrons. The zero-order chi connectivity index (χ0) is 13.8. The monoisotopic (exact) mass is 261 g/mol. The molecule has 1 fully saturated rings. The fourth-order valence-corrected chi connectivity index (χ4v) is 2.45. The van der Waals surface area contributed by atoms with Crippen molar-refractivity contribution in [3.63, 3.8) is 0 Å². The van der Waals surface area contributed by atoms with E-state index in [1.165, 1.54) is 0 Å². The van der Waals surface area contributed by atoms with Crippen molar-refractivity contribution in [2.75, 3.05) is 13.1 Å². The van der Waals surface area contributed by atoms with Gasteiger partial charge in [0.25, 0.3) is 5.91 Å². The SMILES string of the molecule is CCC1CN(C(=O)c2cncc(C)c2)CC/C1=N\O. The number of hydrogen-bond acceptors (Lipinski definition) is 4. The Morgan fingerprint density at radius 3 is 3.00 bits per heavy atom. The second kappa shape index (κ2) is 5.82. The highest BCUT2D eigenvalue weighted by atomic mass is 16.4. The van der Waals surface area contributed by atoms with Crippen molar-refractivity contribution in [1.29, 1.82) is 0 Å². The van der Waals surface area contributed by atoms with Gasteiger partial charge in [0.1, 0.15) is 0 Å². The van der Waals surface area contributed by atoms with Gasteiger partial charge in [-0.2, -0.15) is 0 Å². The third kappa shape index (κ3) is 2.92. The number of oxime groups is 1. The van der Waals surface area contributed by atoms with Crippen molar-refractivity contribution in [3.05, 3.63) is 29.6 Å². The number of hydrogen-bond donors (Lipinski definition) is 1. The Labute approximate surface area is 112 Å². The summed E-state index contributed by atoms with van der Waals surface area (Å²) in [7, 11) is 0. The van der Waals surface area contributed by atoms with E-state index in [1.807, 2.05) is 24.8 Å². The zero-order valence-electron chi connectivity index (χ0n) is 11.3. The number of aryl methyl sites for hydroxylation is 1. The summed E-state index contributed by atoms with van der Waals surface area (Å²) >= 11 is 0. The molecule has 1 aliphatic heterocycles. The number of piperidine rings is 1. The quantitative estimate of drug-likeness (QED) is 0.655. The van der Waals surface area contributed by atoms with E-state index < -0.39 is 0 Å². The molecule has 0 aliphatic carbocycles. The van der Waals surface area contributed by atoms with Gasteiger partial charge in [-0.1, -0.05) is 12.1 Å². The van der Waals surface area contributed by atoms with Crippen molar-refractivity contribution in [2.24, 2.45) is 11.1 Å². The smallest absolute Gasteiger partial charge is 0.255 e. The molecule has 0 radical (unpaired) electrons. The molecule has 1 amide bonds. The van der Waals surface area contributed by atoms with Crippen LogP contribution in [-0.4, -0.2) is 39.8 Å². The lowest BCUT2D eigenvalue weighted by Crippen LogP contribution is -2.44. The standard InChI is InChI=1S/C14H19N3O2/c1-3-11-9-17(5-4-13(11)16-19)14(18)12-6-10(2)7-15-8-12/h6-8,11,19H,3-5,9H2,1-2H3/b16-13+. The number of aromatic nitrogens is 1. The lowest BCUT2D eigenvalue weighted by Gasteiger charge is -2.32. The minimum atomic E-state index is 0.00615. The average molecular weight is 261 g/mol. The van der Waals surface area contributed by atoms with Crippen molar-refractivity contribution >= 4 is 11.6 Å². The summed E-state index contributed by atoms with van der Waals surface area (Å²) in [4.78, 5) is 18.3. The van der Waals surface area contributed by atoms with Crippen molar-refractivity contribution in [2.45, 2.75) is 26.7 Å².